The highest BCUT2D eigenvalue weighted by atomic mass is 16.2. The summed E-state index contributed by atoms with van der Waals surface area (Å²) in [5.74, 6) is 7.07. The van der Waals surface area contributed by atoms with Gasteiger partial charge in [0.1, 0.15) is 11.9 Å². The average molecular weight is 603 g/mol. The first-order valence-corrected chi connectivity index (χ1v) is 15.2. The fourth-order valence-corrected chi connectivity index (χ4v) is 4.13. The number of likely N-dealkylation sites (N-methyl/N-ethyl adjacent to an activating group) is 2. The molecule has 236 valence electrons. The Balaban J connectivity index is 1.53. The molecule has 0 spiro atoms. The standard InChI is InChI=1S/C33H46N8O3/c1-7-21-40(5)30-26(12-9-8-10-20-34-31(43)24(2)41(6)29(42)13-11-22-39(3)4)23-35-33(38-30)37-28-16-14-25(15-17-28)32(44)36-27-18-19-27/h11,13-17,23-24,27H,7-8,10,18-22H2,1-6H3,(H,34,43)(H,36,44)(H,35,37,38)/b13-11+/t24-/m0/s1. The molecule has 1 aliphatic rings. The quantitative estimate of drug-likeness (QED) is 0.161. The van der Waals surface area contributed by atoms with Gasteiger partial charge in [-0.3, -0.25) is 14.4 Å². The first-order valence-electron chi connectivity index (χ1n) is 15.2. The van der Waals surface area contributed by atoms with E-state index in [9.17, 15) is 14.4 Å². The van der Waals surface area contributed by atoms with Gasteiger partial charge in [0, 0.05) is 63.5 Å². The van der Waals surface area contributed by atoms with Crippen molar-refractivity contribution >= 4 is 35.2 Å². The Kier molecular flexibility index (Phi) is 13.2. The fourth-order valence-electron chi connectivity index (χ4n) is 4.13. The number of benzene rings is 1. The van der Waals surface area contributed by atoms with E-state index in [2.05, 4.69) is 44.6 Å². The minimum atomic E-state index is -0.580. The zero-order valence-electron chi connectivity index (χ0n) is 26.8. The van der Waals surface area contributed by atoms with Crippen molar-refractivity contribution < 1.29 is 14.4 Å². The van der Waals surface area contributed by atoms with Crippen LogP contribution in [0.4, 0.5) is 17.5 Å². The molecule has 0 unspecified atom stereocenters. The van der Waals surface area contributed by atoms with Crippen molar-refractivity contribution in [3.05, 3.63) is 53.7 Å². The summed E-state index contributed by atoms with van der Waals surface area (Å²) >= 11 is 0. The van der Waals surface area contributed by atoms with Crippen molar-refractivity contribution in [1.29, 1.82) is 0 Å². The molecular weight excluding hydrogens is 556 g/mol. The highest BCUT2D eigenvalue weighted by molar-refractivity contribution is 5.95. The lowest BCUT2D eigenvalue weighted by Crippen LogP contribution is -2.45. The average Bonchev–Trinajstić information content (AvgIpc) is 3.82. The molecule has 1 heterocycles. The molecule has 1 aromatic carbocycles. The third-order valence-electron chi connectivity index (χ3n) is 7.04. The summed E-state index contributed by atoms with van der Waals surface area (Å²) in [6, 6.07) is 6.99. The van der Waals surface area contributed by atoms with Gasteiger partial charge < -0.3 is 30.7 Å². The highest BCUT2D eigenvalue weighted by Crippen LogP contribution is 2.22. The Hall–Kier alpha value is -4.43. The van der Waals surface area contributed by atoms with E-state index in [-0.39, 0.29) is 17.7 Å². The lowest BCUT2D eigenvalue weighted by atomic mass is 10.2. The van der Waals surface area contributed by atoms with E-state index >= 15 is 0 Å². The maximum atomic E-state index is 12.5. The molecule has 2 aromatic rings. The van der Waals surface area contributed by atoms with E-state index in [0.717, 1.165) is 42.9 Å². The summed E-state index contributed by atoms with van der Waals surface area (Å²) < 4.78 is 0. The van der Waals surface area contributed by atoms with E-state index < -0.39 is 6.04 Å². The van der Waals surface area contributed by atoms with Crippen LogP contribution >= 0.6 is 0 Å². The van der Waals surface area contributed by atoms with Gasteiger partial charge in [-0.2, -0.15) is 4.98 Å². The highest BCUT2D eigenvalue weighted by Gasteiger charge is 2.24. The Labute approximate surface area is 261 Å². The van der Waals surface area contributed by atoms with Crippen LogP contribution < -0.4 is 20.9 Å². The third-order valence-corrected chi connectivity index (χ3v) is 7.04. The van der Waals surface area contributed by atoms with Crippen molar-refractivity contribution in [2.75, 3.05) is 58.0 Å². The number of hydrogen-bond donors (Lipinski definition) is 3. The molecule has 1 aliphatic carbocycles. The molecule has 1 saturated carbocycles. The molecule has 44 heavy (non-hydrogen) atoms. The van der Waals surface area contributed by atoms with Crippen LogP contribution in [0.25, 0.3) is 0 Å². The van der Waals surface area contributed by atoms with E-state index in [4.69, 9.17) is 4.98 Å². The van der Waals surface area contributed by atoms with Gasteiger partial charge in [-0.15, -0.1) is 0 Å². The molecule has 1 fully saturated rings. The summed E-state index contributed by atoms with van der Waals surface area (Å²) in [5.41, 5.74) is 2.12. The topological polar surface area (TPSA) is 123 Å². The van der Waals surface area contributed by atoms with Crippen LogP contribution in [0, 0.1) is 11.8 Å². The molecule has 0 bridgehead atoms. The summed E-state index contributed by atoms with van der Waals surface area (Å²) in [6.45, 7) is 5.74. The second-order valence-electron chi connectivity index (χ2n) is 11.3. The molecular formula is C33H46N8O3. The lowest BCUT2D eigenvalue weighted by Gasteiger charge is -2.23. The van der Waals surface area contributed by atoms with Crippen LogP contribution in [0.15, 0.2) is 42.6 Å². The molecule has 0 radical (unpaired) electrons. The van der Waals surface area contributed by atoms with Crippen LogP contribution in [-0.2, 0) is 9.59 Å². The fraction of sp³-hybridized carbons (Fsp3) is 0.485. The Morgan fingerprint density at radius 1 is 1.11 bits per heavy atom. The number of carbonyl (C=O) groups is 3. The number of amides is 3. The maximum absolute atomic E-state index is 12.5. The van der Waals surface area contributed by atoms with Crippen LogP contribution in [-0.4, -0.2) is 97.4 Å². The number of hydrogen-bond acceptors (Lipinski definition) is 8. The van der Waals surface area contributed by atoms with Gasteiger partial charge in [-0.05, 0) is 71.0 Å². The molecule has 11 nitrogen and oxygen atoms in total. The Morgan fingerprint density at radius 2 is 1.84 bits per heavy atom. The van der Waals surface area contributed by atoms with Gasteiger partial charge in [0.05, 0.1) is 11.8 Å². The predicted molar refractivity (Wildman–Crippen MR) is 175 cm³/mol. The van der Waals surface area contributed by atoms with Gasteiger partial charge in [-0.1, -0.05) is 24.8 Å². The first kappa shape index (κ1) is 34.1. The molecule has 11 heteroatoms. The van der Waals surface area contributed by atoms with E-state index in [1.165, 1.54) is 11.0 Å². The number of anilines is 3. The van der Waals surface area contributed by atoms with E-state index in [1.807, 2.05) is 38.2 Å². The number of nitrogens with zero attached hydrogens (tertiary/aromatic N) is 5. The van der Waals surface area contributed by atoms with Crippen LogP contribution in [0.3, 0.4) is 0 Å². The predicted octanol–water partition coefficient (Wildman–Crippen LogP) is 3.17. The number of rotatable bonds is 15. The Bertz CT molecular complexity index is 1360. The van der Waals surface area contributed by atoms with Crippen molar-refractivity contribution in [3.63, 3.8) is 0 Å². The van der Waals surface area contributed by atoms with Crippen molar-refractivity contribution in [1.82, 2.24) is 30.4 Å². The maximum Gasteiger partial charge on any atom is 0.251 e. The lowest BCUT2D eigenvalue weighted by molar-refractivity contribution is -0.135. The molecule has 0 saturated heterocycles. The Morgan fingerprint density at radius 3 is 2.50 bits per heavy atom. The minimum absolute atomic E-state index is 0.0537. The zero-order valence-corrected chi connectivity index (χ0v) is 26.8. The van der Waals surface area contributed by atoms with Crippen molar-refractivity contribution in [2.24, 2.45) is 0 Å². The van der Waals surface area contributed by atoms with Gasteiger partial charge in [-0.25, -0.2) is 4.98 Å². The second-order valence-corrected chi connectivity index (χ2v) is 11.3. The summed E-state index contributed by atoms with van der Waals surface area (Å²) in [6.07, 6.45) is 9.28. The smallest absolute Gasteiger partial charge is 0.251 e. The molecule has 1 aromatic heterocycles. The molecule has 3 amide bonds. The summed E-state index contributed by atoms with van der Waals surface area (Å²) in [7, 11) is 7.45. The number of nitrogens with one attached hydrogen (secondary N) is 3. The van der Waals surface area contributed by atoms with Gasteiger partial charge >= 0.3 is 0 Å². The monoisotopic (exact) mass is 602 g/mol. The molecule has 0 aliphatic heterocycles. The minimum Gasteiger partial charge on any atom is -0.358 e. The first-order chi connectivity index (χ1) is 21.1. The van der Waals surface area contributed by atoms with E-state index in [0.29, 0.717) is 43.5 Å². The van der Waals surface area contributed by atoms with E-state index in [1.54, 1.807) is 38.4 Å². The van der Waals surface area contributed by atoms with Gasteiger partial charge in [0.15, 0.2) is 0 Å². The van der Waals surface area contributed by atoms with Gasteiger partial charge in [0.25, 0.3) is 5.91 Å². The number of aromatic nitrogens is 2. The van der Waals surface area contributed by atoms with Crippen LogP contribution in [0.2, 0.25) is 0 Å². The van der Waals surface area contributed by atoms with Gasteiger partial charge in [0.2, 0.25) is 17.8 Å². The van der Waals surface area contributed by atoms with Crippen LogP contribution in [0.1, 0.15) is 61.9 Å². The largest absolute Gasteiger partial charge is 0.358 e. The zero-order chi connectivity index (χ0) is 32.1. The second kappa shape index (κ2) is 17.0. The number of carbonyl (C=O) groups excluding carboxylic acids is 3. The summed E-state index contributed by atoms with van der Waals surface area (Å²) in [5, 5.41) is 9.11. The van der Waals surface area contributed by atoms with Crippen molar-refractivity contribution in [2.45, 2.75) is 58.0 Å². The van der Waals surface area contributed by atoms with Crippen LogP contribution in [0.5, 0.6) is 0 Å². The normalized spacial score (nSPS) is 13.2. The number of unbranched alkanes of at least 4 members (excludes halogenated alkanes) is 1. The molecule has 1 atom stereocenters. The molecule has 3 N–H and O–H groups in total. The summed E-state index contributed by atoms with van der Waals surface area (Å²) in [4.78, 5) is 51.7. The SMILES string of the molecule is CCCN(C)c1nc(Nc2ccc(C(=O)NC3CC3)cc2)ncc1C#CCCCNC(=O)[C@H](C)N(C)C(=O)/C=C/CN(C)C. The third kappa shape index (κ3) is 11.0. The molecule has 3 rings (SSSR count). The van der Waals surface area contributed by atoms with Crippen molar-refractivity contribution in [3.8, 4) is 11.8 Å².